The van der Waals surface area contributed by atoms with Gasteiger partial charge in [0.2, 0.25) is 0 Å². The highest BCUT2D eigenvalue weighted by Gasteiger charge is 2.00. The zero-order valence-corrected chi connectivity index (χ0v) is 6.91. The lowest BCUT2D eigenvalue weighted by Crippen LogP contribution is -2.02. The van der Waals surface area contributed by atoms with Gasteiger partial charge in [-0.3, -0.25) is 4.79 Å². The topological polar surface area (TPSA) is 26.3 Å². The third kappa shape index (κ3) is 1.95. The average Bonchev–Trinajstić information content (AvgIpc) is 2.04. The Bertz CT molecular complexity index is 302. The summed E-state index contributed by atoms with van der Waals surface area (Å²) in [6.45, 7) is 4.98. The first-order valence-corrected chi connectivity index (χ1v) is 3.64. The Balaban J connectivity index is 2.96. The van der Waals surface area contributed by atoms with Gasteiger partial charge in [0, 0.05) is 12.5 Å². The Labute approximate surface area is 71.5 Å². The molecule has 2 heteroatoms. The molecule has 0 aliphatic rings. The van der Waals surface area contributed by atoms with Crippen LogP contribution in [0.15, 0.2) is 30.8 Å². The molecule has 0 aliphatic carbocycles. The fraction of sp³-hybridized carbons (Fsp3) is 0.100. The fourth-order valence-electron chi connectivity index (χ4n) is 0.897. The number of benzene rings is 1. The van der Waals surface area contributed by atoms with Crippen LogP contribution in [-0.2, 0) is 4.79 Å². The van der Waals surface area contributed by atoms with E-state index in [1.807, 2.05) is 18.2 Å². The summed E-state index contributed by atoms with van der Waals surface area (Å²) in [7, 11) is 0. The number of carbonyl (C=O) groups is 1. The van der Waals surface area contributed by atoms with Crippen LogP contribution in [0, 0.1) is 0 Å². The first-order valence-electron chi connectivity index (χ1n) is 3.64. The quantitative estimate of drug-likeness (QED) is 0.492. The van der Waals surface area contributed by atoms with E-state index in [4.69, 9.17) is 4.74 Å². The molecule has 0 bridgehead atoms. The second-order valence-electron chi connectivity index (χ2n) is 2.34. The summed E-state index contributed by atoms with van der Waals surface area (Å²) < 4.78 is 4.93. The average molecular weight is 162 g/mol. The molecule has 1 aromatic rings. The van der Waals surface area contributed by atoms with Crippen LogP contribution in [-0.4, -0.2) is 5.97 Å². The molecule has 0 spiro atoms. The number of hydrogen-bond donors (Lipinski definition) is 0. The number of esters is 1. The lowest BCUT2D eigenvalue weighted by Gasteiger charge is -2.03. The molecule has 0 atom stereocenters. The highest BCUT2D eigenvalue weighted by Crippen LogP contribution is 2.18. The van der Waals surface area contributed by atoms with Crippen LogP contribution in [0.2, 0.25) is 0 Å². The predicted molar refractivity (Wildman–Crippen MR) is 47.8 cm³/mol. The Morgan fingerprint density at radius 2 is 2.17 bits per heavy atom. The number of ether oxygens (including phenoxy) is 1. The van der Waals surface area contributed by atoms with E-state index in [-0.39, 0.29) is 5.97 Å². The van der Waals surface area contributed by atoms with Crippen molar-refractivity contribution in [3.05, 3.63) is 36.4 Å². The van der Waals surface area contributed by atoms with Crippen molar-refractivity contribution in [1.29, 1.82) is 0 Å². The van der Waals surface area contributed by atoms with Gasteiger partial charge in [0.05, 0.1) is 0 Å². The van der Waals surface area contributed by atoms with Crippen molar-refractivity contribution in [2.45, 2.75) is 6.92 Å². The summed E-state index contributed by atoms with van der Waals surface area (Å²) in [5, 5.41) is 0. The third-order valence-electron chi connectivity index (χ3n) is 1.39. The number of hydrogen-bond acceptors (Lipinski definition) is 2. The standard InChI is InChI=1S/C10H10O2/c1-3-9-6-4-5-7-10(9)12-8(2)11/h3-7H,1H2,2H3. The van der Waals surface area contributed by atoms with Gasteiger partial charge < -0.3 is 4.74 Å². The van der Waals surface area contributed by atoms with Gasteiger partial charge in [-0.15, -0.1) is 0 Å². The van der Waals surface area contributed by atoms with Gasteiger partial charge in [-0.1, -0.05) is 30.9 Å². The largest absolute Gasteiger partial charge is 0.426 e. The second-order valence-corrected chi connectivity index (χ2v) is 2.34. The van der Waals surface area contributed by atoms with Crippen molar-refractivity contribution in [3.63, 3.8) is 0 Å². The van der Waals surface area contributed by atoms with Crippen molar-refractivity contribution in [2.24, 2.45) is 0 Å². The SMILES string of the molecule is C=Cc1ccccc1OC(C)=O. The molecule has 0 fully saturated rings. The zero-order valence-electron chi connectivity index (χ0n) is 6.91. The number of para-hydroxylation sites is 1. The summed E-state index contributed by atoms with van der Waals surface area (Å²) in [6, 6.07) is 7.25. The van der Waals surface area contributed by atoms with Crippen LogP contribution in [0.3, 0.4) is 0 Å². The lowest BCUT2D eigenvalue weighted by atomic mass is 10.2. The van der Waals surface area contributed by atoms with Crippen molar-refractivity contribution < 1.29 is 9.53 Å². The molecular formula is C10H10O2. The van der Waals surface area contributed by atoms with E-state index in [0.29, 0.717) is 5.75 Å². The highest BCUT2D eigenvalue weighted by atomic mass is 16.5. The van der Waals surface area contributed by atoms with Crippen LogP contribution >= 0.6 is 0 Å². The van der Waals surface area contributed by atoms with Gasteiger partial charge >= 0.3 is 5.97 Å². The lowest BCUT2D eigenvalue weighted by molar-refractivity contribution is -0.131. The van der Waals surface area contributed by atoms with Crippen LogP contribution in [0.1, 0.15) is 12.5 Å². The molecule has 1 aromatic carbocycles. The van der Waals surface area contributed by atoms with E-state index in [0.717, 1.165) is 5.56 Å². The van der Waals surface area contributed by atoms with Gasteiger partial charge in [-0.25, -0.2) is 0 Å². The normalized spacial score (nSPS) is 9.08. The van der Waals surface area contributed by atoms with E-state index in [9.17, 15) is 4.79 Å². The summed E-state index contributed by atoms with van der Waals surface area (Å²) in [4.78, 5) is 10.6. The molecule has 0 unspecified atom stereocenters. The number of rotatable bonds is 2. The van der Waals surface area contributed by atoms with Gasteiger partial charge in [0.15, 0.2) is 0 Å². The minimum atomic E-state index is -0.315. The zero-order chi connectivity index (χ0) is 8.97. The minimum Gasteiger partial charge on any atom is -0.426 e. The third-order valence-corrected chi connectivity index (χ3v) is 1.39. The summed E-state index contributed by atoms with van der Waals surface area (Å²) >= 11 is 0. The molecule has 0 saturated heterocycles. The summed E-state index contributed by atoms with van der Waals surface area (Å²) in [5.41, 5.74) is 0.827. The van der Waals surface area contributed by atoms with E-state index in [1.165, 1.54) is 6.92 Å². The van der Waals surface area contributed by atoms with Crippen molar-refractivity contribution in [1.82, 2.24) is 0 Å². The minimum absolute atomic E-state index is 0.315. The van der Waals surface area contributed by atoms with E-state index in [2.05, 4.69) is 6.58 Å². The monoisotopic (exact) mass is 162 g/mol. The molecule has 0 aromatic heterocycles. The first-order chi connectivity index (χ1) is 5.74. The van der Waals surface area contributed by atoms with Gasteiger partial charge in [-0.2, -0.15) is 0 Å². The highest BCUT2D eigenvalue weighted by molar-refractivity contribution is 5.71. The maximum absolute atomic E-state index is 10.6. The van der Waals surface area contributed by atoms with Crippen LogP contribution in [0.4, 0.5) is 0 Å². The molecule has 0 N–H and O–H groups in total. The molecule has 0 aliphatic heterocycles. The molecule has 0 amide bonds. The fourth-order valence-corrected chi connectivity index (χ4v) is 0.897. The molecule has 62 valence electrons. The molecule has 0 radical (unpaired) electrons. The Morgan fingerprint density at radius 3 is 2.75 bits per heavy atom. The van der Waals surface area contributed by atoms with E-state index in [1.54, 1.807) is 12.1 Å². The van der Waals surface area contributed by atoms with E-state index >= 15 is 0 Å². The van der Waals surface area contributed by atoms with Gasteiger partial charge in [0.1, 0.15) is 5.75 Å². The van der Waals surface area contributed by atoms with Crippen molar-refractivity contribution in [3.8, 4) is 5.75 Å². The number of carbonyl (C=O) groups excluding carboxylic acids is 1. The van der Waals surface area contributed by atoms with Crippen LogP contribution in [0.5, 0.6) is 5.75 Å². The van der Waals surface area contributed by atoms with Gasteiger partial charge in [0.25, 0.3) is 0 Å². The van der Waals surface area contributed by atoms with E-state index < -0.39 is 0 Å². The second kappa shape index (κ2) is 3.72. The first kappa shape index (κ1) is 8.53. The smallest absolute Gasteiger partial charge is 0.308 e. The van der Waals surface area contributed by atoms with Crippen molar-refractivity contribution >= 4 is 12.0 Å². The molecule has 0 saturated carbocycles. The van der Waals surface area contributed by atoms with Gasteiger partial charge in [-0.05, 0) is 6.07 Å². The molecule has 0 heterocycles. The van der Waals surface area contributed by atoms with Crippen molar-refractivity contribution in [2.75, 3.05) is 0 Å². The predicted octanol–water partition coefficient (Wildman–Crippen LogP) is 2.25. The molecule has 12 heavy (non-hydrogen) atoms. The maximum Gasteiger partial charge on any atom is 0.308 e. The van der Waals surface area contributed by atoms with Crippen LogP contribution < -0.4 is 4.74 Å². The van der Waals surface area contributed by atoms with Crippen LogP contribution in [0.25, 0.3) is 6.08 Å². The molecular weight excluding hydrogens is 152 g/mol. The maximum atomic E-state index is 10.6. The molecule has 1 rings (SSSR count). The Kier molecular flexibility index (Phi) is 2.64. The Morgan fingerprint density at radius 1 is 1.50 bits per heavy atom. The Hall–Kier alpha value is -1.57. The molecule has 2 nitrogen and oxygen atoms in total. The summed E-state index contributed by atoms with van der Waals surface area (Å²) in [6.07, 6.45) is 1.65. The summed E-state index contributed by atoms with van der Waals surface area (Å²) in [5.74, 6) is 0.240.